The molecule has 142 valence electrons. The van der Waals surface area contributed by atoms with Crippen LogP contribution in [0, 0.1) is 11.3 Å². The molecule has 1 aliphatic rings. The molecule has 3 unspecified atom stereocenters. The van der Waals surface area contributed by atoms with Gasteiger partial charge in [-0.05, 0) is 43.7 Å². The molecule has 5 nitrogen and oxygen atoms in total. The van der Waals surface area contributed by atoms with Gasteiger partial charge in [-0.3, -0.25) is 9.67 Å². The van der Waals surface area contributed by atoms with Gasteiger partial charge in [-0.1, -0.05) is 38.1 Å². The van der Waals surface area contributed by atoms with Crippen LogP contribution in [-0.2, 0) is 11.3 Å². The topological polar surface area (TPSA) is 52.8 Å². The highest BCUT2D eigenvalue weighted by Crippen LogP contribution is 2.42. The van der Waals surface area contributed by atoms with Crippen LogP contribution >= 0.6 is 0 Å². The maximum atomic E-state index is 6.56. The van der Waals surface area contributed by atoms with Gasteiger partial charge in [0.05, 0.1) is 23.4 Å². The third kappa shape index (κ3) is 4.19. The predicted octanol–water partition coefficient (Wildman–Crippen LogP) is 4.80. The summed E-state index contributed by atoms with van der Waals surface area (Å²) in [6.07, 6.45) is 6.98. The van der Waals surface area contributed by atoms with Crippen LogP contribution < -0.4 is 0 Å². The minimum Gasteiger partial charge on any atom is -0.369 e. The third-order valence-corrected chi connectivity index (χ3v) is 5.75. The van der Waals surface area contributed by atoms with E-state index in [2.05, 4.69) is 55.1 Å². The standard InChI is InChI=1S/C22H28N4O/c1-16(19-9-8-17-6-4-5-7-20(17)25-19)27-21-10-11-22(2,3)12-18(21)13-26-15-23-14-24-26/h4-9,14-16,18,21H,10-13H2,1-3H3. The van der Waals surface area contributed by atoms with Crippen molar-refractivity contribution in [3.8, 4) is 0 Å². The number of para-hydroxylation sites is 1. The Labute approximate surface area is 160 Å². The van der Waals surface area contributed by atoms with Crippen LogP contribution in [0.5, 0.6) is 0 Å². The molecule has 0 spiro atoms. The average Bonchev–Trinajstić information content (AvgIpc) is 3.16. The normalized spacial score (nSPS) is 23.4. The number of aromatic nitrogens is 4. The van der Waals surface area contributed by atoms with E-state index in [0.29, 0.717) is 11.3 Å². The Morgan fingerprint density at radius 1 is 1.22 bits per heavy atom. The van der Waals surface area contributed by atoms with Crippen LogP contribution in [0.4, 0.5) is 0 Å². The van der Waals surface area contributed by atoms with Crippen LogP contribution in [0.25, 0.3) is 10.9 Å². The molecule has 5 heteroatoms. The summed E-state index contributed by atoms with van der Waals surface area (Å²) in [7, 11) is 0. The van der Waals surface area contributed by atoms with Crippen LogP contribution in [-0.4, -0.2) is 25.9 Å². The molecule has 0 N–H and O–H groups in total. The van der Waals surface area contributed by atoms with Crippen LogP contribution in [0.1, 0.15) is 51.8 Å². The fraction of sp³-hybridized carbons (Fsp3) is 0.500. The number of benzene rings is 1. The average molecular weight is 364 g/mol. The maximum Gasteiger partial charge on any atom is 0.137 e. The van der Waals surface area contributed by atoms with E-state index in [1.165, 1.54) is 6.42 Å². The van der Waals surface area contributed by atoms with Crippen molar-refractivity contribution in [3.05, 3.63) is 54.7 Å². The summed E-state index contributed by atoms with van der Waals surface area (Å²) in [5.41, 5.74) is 2.36. The van der Waals surface area contributed by atoms with Gasteiger partial charge in [0.2, 0.25) is 0 Å². The Hall–Kier alpha value is -2.27. The van der Waals surface area contributed by atoms with Gasteiger partial charge in [0.15, 0.2) is 0 Å². The molecule has 0 radical (unpaired) electrons. The summed E-state index contributed by atoms with van der Waals surface area (Å²) in [5.74, 6) is 0.429. The second-order valence-corrected chi connectivity index (χ2v) is 8.53. The Bertz CT molecular complexity index is 890. The number of pyridine rings is 1. The van der Waals surface area contributed by atoms with Gasteiger partial charge in [-0.2, -0.15) is 5.10 Å². The monoisotopic (exact) mass is 364 g/mol. The van der Waals surface area contributed by atoms with E-state index < -0.39 is 0 Å². The summed E-state index contributed by atoms with van der Waals surface area (Å²) >= 11 is 0. The van der Waals surface area contributed by atoms with Gasteiger partial charge < -0.3 is 4.74 Å². The molecule has 0 bridgehead atoms. The van der Waals surface area contributed by atoms with Crippen LogP contribution in [0.15, 0.2) is 49.1 Å². The molecule has 2 heterocycles. The molecule has 4 rings (SSSR count). The molecule has 27 heavy (non-hydrogen) atoms. The Morgan fingerprint density at radius 2 is 2.07 bits per heavy atom. The fourth-order valence-electron chi connectivity index (χ4n) is 4.28. The minimum atomic E-state index is -0.0286. The van der Waals surface area contributed by atoms with Gasteiger partial charge >= 0.3 is 0 Å². The lowest BCUT2D eigenvalue weighted by molar-refractivity contribution is -0.0801. The Balaban J connectivity index is 1.51. The second kappa shape index (κ2) is 7.39. The quantitative estimate of drug-likeness (QED) is 0.652. The Kier molecular flexibility index (Phi) is 4.96. The zero-order valence-corrected chi connectivity index (χ0v) is 16.4. The van der Waals surface area contributed by atoms with Gasteiger partial charge in [-0.15, -0.1) is 0 Å². The third-order valence-electron chi connectivity index (χ3n) is 5.75. The van der Waals surface area contributed by atoms with Crippen molar-refractivity contribution >= 4 is 10.9 Å². The van der Waals surface area contributed by atoms with Gasteiger partial charge in [-0.25, -0.2) is 4.98 Å². The molecule has 1 saturated carbocycles. The van der Waals surface area contributed by atoms with Crippen molar-refractivity contribution in [3.63, 3.8) is 0 Å². The van der Waals surface area contributed by atoms with E-state index in [-0.39, 0.29) is 12.2 Å². The lowest BCUT2D eigenvalue weighted by Gasteiger charge is -2.41. The highest BCUT2D eigenvalue weighted by atomic mass is 16.5. The molecule has 0 aliphatic heterocycles. The zero-order valence-electron chi connectivity index (χ0n) is 16.4. The molecule has 0 amide bonds. The van der Waals surface area contributed by atoms with Gasteiger partial charge in [0.25, 0.3) is 0 Å². The summed E-state index contributed by atoms with van der Waals surface area (Å²) in [6, 6.07) is 12.4. The smallest absolute Gasteiger partial charge is 0.137 e. The molecule has 3 aromatic rings. The van der Waals surface area contributed by atoms with Crippen molar-refractivity contribution in [1.29, 1.82) is 0 Å². The van der Waals surface area contributed by atoms with Crippen molar-refractivity contribution in [2.75, 3.05) is 0 Å². The molecular formula is C22H28N4O. The summed E-state index contributed by atoms with van der Waals surface area (Å²) in [4.78, 5) is 8.91. The molecule has 1 aliphatic carbocycles. The molecule has 1 fully saturated rings. The minimum absolute atomic E-state index is 0.0286. The van der Waals surface area contributed by atoms with Crippen molar-refractivity contribution < 1.29 is 4.74 Å². The highest BCUT2D eigenvalue weighted by Gasteiger charge is 2.36. The number of hydrogen-bond acceptors (Lipinski definition) is 4. The van der Waals surface area contributed by atoms with Gasteiger partial charge in [0, 0.05) is 17.8 Å². The predicted molar refractivity (Wildman–Crippen MR) is 106 cm³/mol. The molecular weight excluding hydrogens is 336 g/mol. The van der Waals surface area contributed by atoms with Gasteiger partial charge in [0.1, 0.15) is 12.7 Å². The second-order valence-electron chi connectivity index (χ2n) is 8.53. The van der Waals surface area contributed by atoms with Crippen molar-refractivity contribution in [1.82, 2.24) is 19.7 Å². The first kappa shape index (κ1) is 18.1. The van der Waals surface area contributed by atoms with Crippen molar-refractivity contribution in [2.24, 2.45) is 11.3 Å². The first-order valence-electron chi connectivity index (χ1n) is 9.84. The van der Waals surface area contributed by atoms with E-state index in [0.717, 1.165) is 36.0 Å². The Morgan fingerprint density at radius 3 is 2.89 bits per heavy atom. The fourth-order valence-corrected chi connectivity index (χ4v) is 4.28. The largest absolute Gasteiger partial charge is 0.369 e. The maximum absolute atomic E-state index is 6.56. The zero-order chi connectivity index (χ0) is 18.9. The summed E-state index contributed by atoms with van der Waals surface area (Å²) in [6.45, 7) is 7.67. The SMILES string of the molecule is CC(OC1CCC(C)(C)CC1Cn1cncn1)c1ccc2ccccc2n1. The summed E-state index contributed by atoms with van der Waals surface area (Å²) in [5, 5.41) is 5.47. The van der Waals surface area contributed by atoms with E-state index in [9.17, 15) is 0 Å². The molecule has 3 atom stereocenters. The molecule has 2 aromatic heterocycles. The van der Waals surface area contributed by atoms with E-state index >= 15 is 0 Å². The van der Waals surface area contributed by atoms with E-state index in [1.54, 1.807) is 12.7 Å². The number of hydrogen-bond donors (Lipinski definition) is 0. The lowest BCUT2D eigenvalue weighted by atomic mass is 9.70. The first-order chi connectivity index (χ1) is 13.0. The van der Waals surface area contributed by atoms with Crippen LogP contribution in [0.2, 0.25) is 0 Å². The molecule has 1 aromatic carbocycles. The molecule has 0 saturated heterocycles. The van der Waals surface area contributed by atoms with Crippen LogP contribution in [0.3, 0.4) is 0 Å². The van der Waals surface area contributed by atoms with E-state index in [1.807, 2.05) is 16.8 Å². The highest BCUT2D eigenvalue weighted by molar-refractivity contribution is 5.78. The number of ether oxygens (including phenoxy) is 1. The first-order valence-corrected chi connectivity index (χ1v) is 9.84. The lowest BCUT2D eigenvalue weighted by Crippen LogP contribution is -2.38. The number of rotatable bonds is 5. The summed E-state index contributed by atoms with van der Waals surface area (Å²) < 4.78 is 8.49. The number of nitrogens with zero attached hydrogens (tertiary/aromatic N) is 4. The number of fused-ring (bicyclic) bond motifs is 1. The van der Waals surface area contributed by atoms with Crippen molar-refractivity contribution in [2.45, 2.75) is 58.8 Å². The van der Waals surface area contributed by atoms with E-state index in [4.69, 9.17) is 9.72 Å².